The number of fused-ring (bicyclic) bond motifs is 1. The molecule has 1 atom stereocenters. The van der Waals surface area contributed by atoms with Gasteiger partial charge in [-0.05, 0) is 58.4 Å². The maximum Gasteiger partial charge on any atom is 0.182 e. The fourth-order valence-corrected chi connectivity index (χ4v) is 3.01. The second-order valence-electron chi connectivity index (χ2n) is 7.21. The van der Waals surface area contributed by atoms with Crippen molar-refractivity contribution in [3.63, 3.8) is 0 Å². The van der Waals surface area contributed by atoms with E-state index < -0.39 is 0 Å². The molecule has 3 rings (SSSR count). The second kappa shape index (κ2) is 6.14. The quantitative estimate of drug-likeness (QED) is 0.844. The van der Waals surface area contributed by atoms with Gasteiger partial charge >= 0.3 is 0 Å². The number of nitrogens with zero attached hydrogens (tertiary/aromatic N) is 2. The lowest BCUT2D eigenvalue weighted by molar-refractivity contribution is -0.00272. The fourth-order valence-electron chi connectivity index (χ4n) is 3.01. The highest BCUT2D eigenvalue weighted by molar-refractivity contribution is 5.81. The molecule has 124 valence electrons. The van der Waals surface area contributed by atoms with Crippen molar-refractivity contribution >= 4 is 16.6 Å². The van der Waals surface area contributed by atoms with E-state index in [2.05, 4.69) is 66.0 Å². The van der Waals surface area contributed by atoms with E-state index in [4.69, 9.17) is 4.74 Å². The first-order valence-electron chi connectivity index (χ1n) is 8.23. The van der Waals surface area contributed by atoms with Crippen molar-refractivity contribution in [2.24, 2.45) is 0 Å². The van der Waals surface area contributed by atoms with Gasteiger partial charge in [0.05, 0.1) is 11.7 Å². The van der Waals surface area contributed by atoms with E-state index in [9.17, 15) is 0 Å². The number of aromatic nitrogens is 2. The summed E-state index contributed by atoms with van der Waals surface area (Å²) in [5.74, 6) is 0.772. The molecule has 2 N–H and O–H groups in total. The predicted molar refractivity (Wildman–Crippen MR) is 94.3 cm³/mol. The molecule has 0 spiro atoms. The molecule has 0 radical (unpaired) electrons. The van der Waals surface area contributed by atoms with Gasteiger partial charge in [-0.1, -0.05) is 0 Å². The Hall–Kier alpha value is -2.17. The molecule has 5 heteroatoms. The van der Waals surface area contributed by atoms with E-state index in [1.54, 1.807) is 0 Å². The molecule has 1 fully saturated rings. The Morgan fingerprint density at radius 1 is 1.43 bits per heavy atom. The third-order valence-corrected chi connectivity index (χ3v) is 4.01. The Kier molecular flexibility index (Phi) is 4.20. The van der Waals surface area contributed by atoms with Gasteiger partial charge in [0.25, 0.3) is 0 Å². The van der Waals surface area contributed by atoms with Crippen LogP contribution in [0.1, 0.15) is 33.6 Å². The lowest BCUT2D eigenvalue weighted by atomic mass is 10.1. The fraction of sp³-hybridized carbons (Fsp3) is 0.500. The molecule has 5 nitrogen and oxygen atoms in total. The van der Waals surface area contributed by atoms with Crippen LogP contribution in [0.25, 0.3) is 10.9 Å². The predicted octanol–water partition coefficient (Wildman–Crippen LogP) is 3.73. The van der Waals surface area contributed by atoms with Crippen LogP contribution in [0, 0.1) is 0 Å². The van der Waals surface area contributed by atoms with Gasteiger partial charge in [-0.2, -0.15) is 5.10 Å². The SMILES string of the molecule is C=C(OC(C)(C)C)N1CCCC(Nc2ccc3[nH]ncc3c2)C1. The monoisotopic (exact) mass is 314 g/mol. The summed E-state index contributed by atoms with van der Waals surface area (Å²) < 4.78 is 5.91. The Balaban J connectivity index is 1.63. The van der Waals surface area contributed by atoms with Gasteiger partial charge in [-0.25, -0.2) is 0 Å². The average Bonchev–Trinajstić information content (AvgIpc) is 2.93. The van der Waals surface area contributed by atoms with Crippen molar-refractivity contribution in [1.29, 1.82) is 0 Å². The minimum atomic E-state index is -0.205. The molecule has 1 aliphatic rings. The number of likely N-dealkylation sites (tertiary alicyclic amines) is 1. The highest BCUT2D eigenvalue weighted by atomic mass is 16.5. The molecule has 2 aromatic rings. The summed E-state index contributed by atoms with van der Waals surface area (Å²) in [6.45, 7) is 12.2. The first kappa shape index (κ1) is 15.7. The number of hydrogen-bond donors (Lipinski definition) is 2. The summed E-state index contributed by atoms with van der Waals surface area (Å²) in [5.41, 5.74) is 1.99. The number of aromatic amines is 1. The van der Waals surface area contributed by atoms with E-state index in [1.807, 2.05) is 6.20 Å². The van der Waals surface area contributed by atoms with Crippen molar-refractivity contribution in [1.82, 2.24) is 15.1 Å². The molecule has 1 aromatic carbocycles. The van der Waals surface area contributed by atoms with Crippen LogP contribution >= 0.6 is 0 Å². The summed E-state index contributed by atoms with van der Waals surface area (Å²) in [6.07, 6.45) is 4.15. The number of nitrogens with one attached hydrogen (secondary N) is 2. The van der Waals surface area contributed by atoms with Crippen LogP contribution in [0.4, 0.5) is 5.69 Å². The standard InChI is InChI=1S/C18H26N4O/c1-13(23-18(2,3)4)22-9-5-6-16(12-22)20-15-7-8-17-14(10-15)11-19-21-17/h7-8,10-11,16,20H,1,5-6,9,12H2,2-4H3,(H,19,21). The van der Waals surface area contributed by atoms with E-state index in [0.717, 1.165) is 48.4 Å². The maximum absolute atomic E-state index is 5.91. The number of hydrogen-bond acceptors (Lipinski definition) is 4. The molecule has 0 saturated carbocycles. The van der Waals surface area contributed by atoms with Gasteiger partial charge in [-0.15, -0.1) is 0 Å². The summed E-state index contributed by atoms with van der Waals surface area (Å²) >= 11 is 0. The van der Waals surface area contributed by atoms with Crippen LogP contribution in [0.5, 0.6) is 0 Å². The Labute approximate surface area is 137 Å². The lowest BCUT2D eigenvalue weighted by Gasteiger charge is -2.37. The van der Waals surface area contributed by atoms with Gasteiger partial charge in [0.15, 0.2) is 5.88 Å². The number of benzene rings is 1. The number of H-pyrrole nitrogens is 1. The van der Waals surface area contributed by atoms with Crippen LogP contribution in [0.15, 0.2) is 36.9 Å². The minimum absolute atomic E-state index is 0.205. The Bertz CT molecular complexity index is 686. The molecule has 23 heavy (non-hydrogen) atoms. The number of rotatable bonds is 4. The summed E-state index contributed by atoms with van der Waals surface area (Å²) in [4.78, 5) is 2.24. The first-order valence-corrected chi connectivity index (χ1v) is 8.23. The second-order valence-corrected chi connectivity index (χ2v) is 7.21. The molecule has 0 amide bonds. The largest absolute Gasteiger partial charge is 0.474 e. The highest BCUT2D eigenvalue weighted by Gasteiger charge is 2.24. The van der Waals surface area contributed by atoms with Gasteiger partial charge in [0, 0.05) is 30.2 Å². The molecule has 0 aliphatic carbocycles. The topological polar surface area (TPSA) is 53.2 Å². The average molecular weight is 314 g/mol. The van der Waals surface area contributed by atoms with Crippen LogP contribution < -0.4 is 5.32 Å². The third-order valence-electron chi connectivity index (χ3n) is 4.01. The molecule has 1 saturated heterocycles. The van der Waals surface area contributed by atoms with E-state index >= 15 is 0 Å². The van der Waals surface area contributed by atoms with Crippen molar-refractivity contribution in [3.05, 3.63) is 36.9 Å². The summed E-state index contributed by atoms with van der Waals surface area (Å²) in [6, 6.07) is 6.69. The van der Waals surface area contributed by atoms with Crippen molar-refractivity contribution in [2.45, 2.75) is 45.3 Å². The lowest BCUT2D eigenvalue weighted by Crippen LogP contribution is -2.42. The number of anilines is 1. The summed E-state index contributed by atoms with van der Waals surface area (Å²) in [5, 5.41) is 11.8. The van der Waals surface area contributed by atoms with E-state index in [0.29, 0.717) is 6.04 Å². The van der Waals surface area contributed by atoms with Gasteiger partial charge < -0.3 is 15.0 Å². The number of piperidine rings is 1. The zero-order chi connectivity index (χ0) is 16.4. The summed E-state index contributed by atoms with van der Waals surface area (Å²) in [7, 11) is 0. The van der Waals surface area contributed by atoms with Crippen molar-refractivity contribution < 1.29 is 4.74 Å². The maximum atomic E-state index is 5.91. The smallest absolute Gasteiger partial charge is 0.182 e. The molecular weight excluding hydrogens is 288 g/mol. The van der Waals surface area contributed by atoms with Crippen molar-refractivity contribution in [2.75, 3.05) is 18.4 Å². The third kappa shape index (κ3) is 3.97. The van der Waals surface area contributed by atoms with Crippen LogP contribution in [-0.4, -0.2) is 39.8 Å². The van der Waals surface area contributed by atoms with Crippen LogP contribution in [0.2, 0.25) is 0 Å². The molecular formula is C18H26N4O. The molecule has 1 aliphatic heterocycles. The highest BCUT2D eigenvalue weighted by Crippen LogP contribution is 2.23. The zero-order valence-electron chi connectivity index (χ0n) is 14.2. The zero-order valence-corrected chi connectivity index (χ0v) is 14.2. The van der Waals surface area contributed by atoms with Crippen LogP contribution in [0.3, 0.4) is 0 Å². The van der Waals surface area contributed by atoms with Gasteiger partial charge in [0.2, 0.25) is 0 Å². The van der Waals surface area contributed by atoms with Gasteiger partial charge in [0.1, 0.15) is 5.60 Å². The Morgan fingerprint density at radius 2 is 2.26 bits per heavy atom. The molecule has 1 aromatic heterocycles. The van der Waals surface area contributed by atoms with Crippen molar-refractivity contribution in [3.8, 4) is 0 Å². The normalized spacial score (nSPS) is 18.9. The van der Waals surface area contributed by atoms with E-state index in [-0.39, 0.29) is 5.60 Å². The van der Waals surface area contributed by atoms with Crippen LogP contribution in [-0.2, 0) is 4.74 Å². The molecule has 1 unspecified atom stereocenters. The first-order chi connectivity index (χ1) is 10.9. The molecule has 2 heterocycles. The number of ether oxygens (including phenoxy) is 1. The molecule has 0 bridgehead atoms. The van der Waals surface area contributed by atoms with E-state index in [1.165, 1.54) is 0 Å². The Morgan fingerprint density at radius 3 is 3.04 bits per heavy atom. The van der Waals surface area contributed by atoms with Gasteiger partial charge in [-0.3, -0.25) is 5.10 Å². The minimum Gasteiger partial charge on any atom is -0.474 e.